The molecule has 0 unspecified atom stereocenters. The van der Waals surface area contributed by atoms with Crippen LogP contribution in [0.15, 0.2) is 24.3 Å². The van der Waals surface area contributed by atoms with Crippen molar-refractivity contribution in [2.75, 3.05) is 0 Å². The molecule has 0 fully saturated rings. The topological polar surface area (TPSA) is 75.6 Å². The van der Waals surface area contributed by atoms with Crippen LogP contribution in [-0.2, 0) is 26.4 Å². The van der Waals surface area contributed by atoms with Gasteiger partial charge >= 0.3 is 11.9 Å². The summed E-state index contributed by atoms with van der Waals surface area (Å²) >= 11 is 0. The summed E-state index contributed by atoms with van der Waals surface area (Å²) in [5.74, 6) is -2.02. The molecule has 5 heteroatoms. The fourth-order valence-electron chi connectivity index (χ4n) is 2.18. The summed E-state index contributed by atoms with van der Waals surface area (Å²) in [6.07, 6.45) is 0. The number of carbonyl (C=O) groups is 2. The van der Waals surface area contributed by atoms with Crippen LogP contribution < -0.4 is 5.32 Å². The van der Waals surface area contributed by atoms with Gasteiger partial charge in [-0.3, -0.25) is 5.32 Å². The molecule has 1 aromatic rings. The van der Waals surface area contributed by atoms with Crippen molar-refractivity contribution in [3.63, 3.8) is 0 Å². The van der Waals surface area contributed by atoms with Crippen molar-refractivity contribution >= 4 is 11.9 Å². The highest BCUT2D eigenvalue weighted by molar-refractivity contribution is 6.06. The van der Waals surface area contributed by atoms with Gasteiger partial charge < -0.3 is 9.84 Å². The molecule has 1 aromatic carbocycles. The van der Waals surface area contributed by atoms with E-state index in [1.54, 1.807) is 39.0 Å². The zero-order valence-electron chi connectivity index (χ0n) is 11.2. The van der Waals surface area contributed by atoms with E-state index in [9.17, 15) is 14.7 Å². The molecular formula is C14H17NO4. The van der Waals surface area contributed by atoms with Crippen LogP contribution >= 0.6 is 0 Å². The summed E-state index contributed by atoms with van der Waals surface area (Å²) in [4.78, 5) is 24.0. The van der Waals surface area contributed by atoms with Gasteiger partial charge in [0.15, 0.2) is 0 Å². The summed E-state index contributed by atoms with van der Waals surface area (Å²) < 4.78 is 5.26. The molecule has 0 aliphatic carbocycles. The van der Waals surface area contributed by atoms with Crippen molar-refractivity contribution in [2.45, 2.75) is 38.5 Å². The monoisotopic (exact) mass is 263 g/mol. The number of esters is 1. The Labute approximate surface area is 111 Å². The first kappa shape index (κ1) is 13.5. The van der Waals surface area contributed by atoms with Crippen LogP contribution in [0.4, 0.5) is 0 Å². The first-order valence-corrected chi connectivity index (χ1v) is 6.07. The van der Waals surface area contributed by atoms with E-state index in [0.717, 1.165) is 5.56 Å². The molecule has 0 radical (unpaired) electrons. The number of carboxylic acid groups (broad SMARTS) is 1. The number of carboxylic acids is 1. The van der Waals surface area contributed by atoms with Crippen LogP contribution in [0.25, 0.3) is 0 Å². The summed E-state index contributed by atoms with van der Waals surface area (Å²) in [6, 6.07) is 6.98. The van der Waals surface area contributed by atoms with Gasteiger partial charge in [0.1, 0.15) is 5.60 Å². The smallest absolute Gasteiger partial charge is 0.343 e. The number of carbonyl (C=O) groups excluding carboxylic acids is 1. The Morgan fingerprint density at radius 3 is 2.53 bits per heavy atom. The average molecular weight is 263 g/mol. The van der Waals surface area contributed by atoms with Gasteiger partial charge in [-0.25, -0.2) is 9.59 Å². The Morgan fingerprint density at radius 2 is 1.95 bits per heavy atom. The highest BCUT2D eigenvalue weighted by Crippen LogP contribution is 2.33. The second-order valence-corrected chi connectivity index (χ2v) is 5.57. The molecule has 1 heterocycles. The quantitative estimate of drug-likeness (QED) is 0.623. The molecule has 0 amide bonds. The second kappa shape index (κ2) is 4.35. The summed E-state index contributed by atoms with van der Waals surface area (Å²) in [6.45, 7) is 5.46. The van der Waals surface area contributed by atoms with Gasteiger partial charge in [0.25, 0.3) is 0 Å². The van der Waals surface area contributed by atoms with Gasteiger partial charge in [0, 0.05) is 6.54 Å². The number of hydrogen-bond acceptors (Lipinski definition) is 4. The molecule has 102 valence electrons. The molecule has 19 heavy (non-hydrogen) atoms. The van der Waals surface area contributed by atoms with Crippen molar-refractivity contribution < 1.29 is 19.4 Å². The molecule has 1 atom stereocenters. The minimum atomic E-state index is -1.80. The van der Waals surface area contributed by atoms with Crippen LogP contribution in [0.5, 0.6) is 0 Å². The van der Waals surface area contributed by atoms with Crippen molar-refractivity contribution in [3.8, 4) is 0 Å². The van der Waals surface area contributed by atoms with E-state index in [-0.39, 0.29) is 0 Å². The standard InChI is InChI=1S/C14H17NO4/c1-13(2,3)19-12(18)14(11(16)17)10-7-5-4-6-9(10)8-15-14/h4-7,15H,8H2,1-3H3,(H,16,17)/t14-/m1/s1. The Balaban J connectivity index is 2.48. The lowest BCUT2D eigenvalue weighted by Crippen LogP contribution is -2.54. The maximum atomic E-state index is 12.3. The van der Waals surface area contributed by atoms with E-state index in [2.05, 4.69) is 5.32 Å². The number of nitrogens with one attached hydrogen (secondary N) is 1. The van der Waals surface area contributed by atoms with Crippen LogP contribution in [-0.4, -0.2) is 22.6 Å². The Morgan fingerprint density at radius 1 is 1.32 bits per heavy atom. The molecule has 5 nitrogen and oxygen atoms in total. The fraction of sp³-hybridized carbons (Fsp3) is 0.429. The number of benzene rings is 1. The van der Waals surface area contributed by atoms with E-state index in [1.165, 1.54) is 0 Å². The first-order valence-electron chi connectivity index (χ1n) is 6.07. The van der Waals surface area contributed by atoms with Crippen LogP contribution in [0.1, 0.15) is 31.9 Å². The fourth-order valence-corrected chi connectivity index (χ4v) is 2.18. The van der Waals surface area contributed by atoms with Gasteiger partial charge in [-0.2, -0.15) is 0 Å². The molecule has 1 aliphatic rings. The molecule has 0 aromatic heterocycles. The van der Waals surface area contributed by atoms with Crippen molar-refractivity contribution in [2.24, 2.45) is 0 Å². The minimum absolute atomic E-state index is 0.335. The van der Waals surface area contributed by atoms with Gasteiger partial charge in [-0.05, 0) is 31.9 Å². The average Bonchev–Trinajstić information content (AvgIpc) is 2.67. The lowest BCUT2D eigenvalue weighted by Gasteiger charge is -2.28. The predicted octanol–water partition coefficient (Wildman–Crippen LogP) is 1.41. The van der Waals surface area contributed by atoms with Crippen molar-refractivity contribution in [1.82, 2.24) is 5.32 Å². The second-order valence-electron chi connectivity index (χ2n) is 5.57. The maximum Gasteiger partial charge on any atom is 0.343 e. The molecule has 0 saturated heterocycles. The zero-order chi connectivity index (χ0) is 14.3. The zero-order valence-corrected chi connectivity index (χ0v) is 11.2. The number of ether oxygens (including phenoxy) is 1. The number of rotatable bonds is 2. The minimum Gasteiger partial charge on any atom is -0.479 e. The maximum absolute atomic E-state index is 12.3. The third kappa shape index (κ3) is 2.21. The van der Waals surface area contributed by atoms with E-state index < -0.39 is 23.1 Å². The molecular weight excluding hydrogens is 246 g/mol. The van der Waals surface area contributed by atoms with E-state index in [0.29, 0.717) is 12.1 Å². The molecule has 1 aliphatic heterocycles. The van der Waals surface area contributed by atoms with Gasteiger partial charge in [-0.1, -0.05) is 24.3 Å². The van der Waals surface area contributed by atoms with Crippen LogP contribution in [0, 0.1) is 0 Å². The number of fused-ring (bicyclic) bond motifs is 1. The van der Waals surface area contributed by atoms with E-state index >= 15 is 0 Å². The summed E-state index contributed by atoms with van der Waals surface area (Å²) in [5.41, 5.74) is -1.28. The third-order valence-electron chi connectivity index (χ3n) is 2.99. The molecule has 2 N–H and O–H groups in total. The molecule has 0 saturated carbocycles. The van der Waals surface area contributed by atoms with Crippen molar-refractivity contribution in [3.05, 3.63) is 35.4 Å². The van der Waals surface area contributed by atoms with Gasteiger partial charge in [0.05, 0.1) is 0 Å². The number of aliphatic carboxylic acids is 1. The lowest BCUT2D eigenvalue weighted by molar-refractivity contribution is -0.171. The summed E-state index contributed by atoms with van der Waals surface area (Å²) in [7, 11) is 0. The molecule has 0 bridgehead atoms. The van der Waals surface area contributed by atoms with Crippen LogP contribution in [0.2, 0.25) is 0 Å². The largest absolute Gasteiger partial charge is 0.479 e. The Hall–Kier alpha value is -1.88. The SMILES string of the molecule is CC(C)(C)OC(=O)[C@@]1(C(=O)O)NCc2ccccc21. The highest BCUT2D eigenvalue weighted by Gasteiger charge is 2.54. The predicted molar refractivity (Wildman–Crippen MR) is 68.4 cm³/mol. The van der Waals surface area contributed by atoms with Gasteiger partial charge in [-0.15, -0.1) is 0 Å². The molecule has 2 rings (SSSR count). The van der Waals surface area contributed by atoms with E-state index in [1.807, 2.05) is 6.07 Å². The van der Waals surface area contributed by atoms with Crippen molar-refractivity contribution in [1.29, 1.82) is 0 Å². The highest BCUT2D eigenvalue weighted by atomic mass is 16.6. The molecule has 0 spiro atoms. The number of hydrogen-bond donors (Lipinski definition) is 2. The normalized spacial score (nSPS) is 21.8. The Bertz CT molecular complexity index is 532. The lowest BCUT2D eigenvalue weighted by atomic mass is 9.90. The Kier molecular flexibility index (Phi) is 3.10. The first-order chi connectivity index (χ1) is 8.77. The van der Waals surface area contributed by atoms with Gasteiger partial charge in [0.2, 0.25) is 5.54 Å². The summed E-state index contributed by atoms with van der Waals surface area (Å²) in [5, 5.41) is 12.3. The van der Waals surface area contributed by atoms with Crippen LogP contribution in [0.3, 0.4) is 0 Å². The van der Waals surface area contributed by atoms with E-state index in [4.69, 9.17) is 4.74 Å². The third-order valence-corrected chi connectivity index (χ3v) is 2.99.